The van der Waals surface area contributed by atoms with Crippen molar-refractivity contribution in [2.45, 2.75) is 26.2 Å². The summed E-state index contributed by atoms with van der Waals surface area (Å²) >= 11 is 1.61. The van der Waals surface area contributed by atoms with Crippen LogP contribution in [0.3, 0.4) is 0 Å². The SMILES string of the molecule is CC1CCc2c(sc3nc(-c4ccc(C(=O)O)cc4)[nH]c(=O)c23)C1. The lowest BCUT2D eigenvalue weighted by Crippen LogP contribution is -2.13. The number of nitrogens with one attached hydrogen (secondary N) is 1. The van der Waals surface area contributed by atoms with Gasteiger partial charge in [-0.05, 0) is 42.9 Å². The highest BCUT2D eigenvalue weighted by Crippen LogP contribution is 2.36. The Hall–Kier alpha value is -2.47. The van der Waals surface area contributed by atoms with Crippen LogP contribution >= 0.6 is 11.3 Å². The molecule has 2 heterocycles. The standard InChI is InChI=1S/C18H16N2O3S/c1-9-2-7-12-13(8-9)24-17-14(12)16(21)19-15(20-17)10-3-5-11(6-4-10)18(22)23/h3-6,9H,2,7-8H2,1H3,(H,22,23)(H,19,20,21). The molecule has 2 N–H and O–H groups in total. The number of nitrogens with zero attached hydrogens (tertiary/aromatic N) is 1. The van der Waals surface area contributed by atoms with E-state index in [9.17, 15) is 9.59 Å². The third-order valence-corrected chi connectivity index (χ3v) is 5.72. The first kappa shape index (κ1) is 15.1. The minimum atomic E-state index is -0.974. The monoisotopic (exact) mass is 340 g/mol. The summed E-state index contributed by atoms with van der Waals surface area (Å²) in [6, 6.07) is 6.37. The predicted molar refractivity (Wildman–Crippen MR) is 93.8 cm³/mol. The maximum absolute atomic E-state index is 12.6. The summed E-state index contributed by atoms with van der Waals surface area (Å²) in [4.78, 5) is 33.1. The first-order valence-electron chi connectivity index (χ1n) is 7.91. The van der Waals surface area contributed by atoms with E-state index in [1.165, 1.54) is 17.0 Å². The number of carbonyl (C=O) groups is 1. The van der Waals surface area contributed by atoms with E-state index >= 15 is 0 Å². The Bertz CT molecular complexity index is 1000. The Morgan fingerprint density at radius 3 is 2.79 bits per heavy atom. The molecular formula is C18H16N2O3S. The number of thiophene rings is 1. The van der Waals surface area contributed by atoms with Crippen molar-refractivity contribution in [3.8, 4) is 11.4 Å². The number of aromatic amines is 1. The zero-order valence-electron chi connectivity index (χ0n) is 13.1. The quantitative estimate of drug-likeness (QED) is 0.748. The van der Waals surface area contributed by atoms with Gasteiger partial charge in [-0.25, -0.2) is 9.78 Å². The minimum absolute atomic E-state index is 0.107. The largest absolute Gasteiger partial charge is 0.478 e. The van der Waals surface area contributed by atoms with Crippen molar-refractivity contribution in [1.29, 1.82) is 0 Å². The van der Waals surface area contributed by atoms with Crippen LogP contribution in [0.4, 0.5) is 0 Å². The molecule has 24 heavy (non-hydrogen) atoms. The summed E-state index contributed by atoms with van der Waals surface area (Å²) in [5.74, 6) is 0.155. The van der Waals surface area contributed by atoms with Gasteiger partial charge in [-0.2, -0.15) is 0 Å². The first-order valence-corrected chi connectivity index (χ1v) is 8.73. The molecule has 0 saturated heterocycles. The zero-order valence-corrected chi connectivity index (χ0v) is 13.9. The number of rotatable bonds is 2. The van der Waals surface area contributed by atoms with E-state index < -0.39 is 5.97 Å². The first-order chi connectivity index (χ1) is 11.5. The molecule has 3 aromatic rings. The number of carboxylic acid groups (broad SMARTS) is 1. The molecule has 1 aromatic carbocycles. The summed E-state index contributed by atoms with van der Waals surface area (Å²) in [6.07, 6.45) is 3.06. The van der Waals surface area contributed by atoms with Crippen LogP contribution in [0.2, 0.25) is 0 Å². The molecule has 2 aromatic heterocycles. The molecule has 1 aliphatic carbocycles. The van der Waals surface area contributed by atoms with Crippen molar-refractivity contribution in [2.24, 2.45) is 5.92 Å². The molecule has 1 unspecified atom stereocenters. The maximum atomic E-state index is 12.6. The molecule has 5 nitrogen and oxygen atoms in total. The highest BCUT2D eigenvalue weighted by Gasteiger charge is 2.23. The van der Waals surface area contributed by atoms with E-state index in [4.69, 9.17) is 5.11 Å². The number of fused-ring (bicyclic) bond motifs is 3. The number of aryl methyl sites for hydroxylation is 1. The lowest BCUT2D eigenvalue weighted by molar-refractivity contribution is 0.0697. The normalized spacial score (nSPS) is 17.0. The van der Waals surface area contributed by atoms with E-state index in [2.05, 4.69) is 16.9 Å². The van der Waals surface area contributed by atoms with Crippen LogP contribution in [0.25, 0.3) is 21.6 Å². The van der Waals surface area contributed by atoms with Gasteiger partial charge in [0, 0.05) is 10.4 Å². The number of hydrogen-bond donors (Lipinski definition) is 2. The lowest BCUT2D eigenvalue weighted by atomic mass is 9.89. The molecule has 0 fully saturated rings. The molecule has 0 amide bonds. The van der Waals surface area contributed by atoms with Crippen LogP contribution in [0.1, 0.15) is 34.1 Å². The Morgan fingerprint density at radius 1 is 1.33 bits per heavy atom. The number of carboxylic acids is 1. The molecule has 0 spiro atoms. The molecule has 0 saturated carbocycles. The Kier molecular flexibility index (Phi) is 3.49. The van der Waals surface area contributed by atoms with E-state index in [1.54, 1.807) is 23.5 Å². The van der Waals surface area contributed by atoms with E-state index in [0.717, 1.165) is 35.0 Å². The van der Waals surface area contributed by atoms with Crippen LogP contribution < -0.4 is 5.56 Å². The summed E-state index contributed by atoms with van der Waals surface area (Å²) in [5, 5.41) is 9.70. The van der Waals surface area contributed by atoms with Crippen molar-refractivity contribution < 1.29 is 9.90 Å². The van der Waals surface area contributed by atoms with Crippen LogP contribution in [0, 0.1) is 5.92 Å². The highest BCUT2D eigenvalue weighted by atomic mass is 32.1. The van der Waals surface area contributed by atoms with Gasteiger partial charge in [-0.1, -0.05) is 19.1 Å². The van der Waals surface area contributed by atoms with Gasteiger partial charge in [-0.15, -0.1) is 11.3 Å². The molecular weight excluding hydrogens is 324 g/mol. The fourth-order valence-electron chi connectivity index (χ4n) is 3.26. The Labute approximate surface area is 142 Å². The van der Waals surface area contributed by atoms with Crippen LogP contribution in [0.5, 0.6) is 0 Å². The summed E-state index contributed by atoms with van der Waals surface area (Å²) in [6.45, 7) is 2.24. The molecule has 1 atom stereocenters. The van der Waals surface area contributed by atoms with Crippen molar-refractivity contribution in [3.63, 3.8) is 0 Å². The minimum Gasteiger partial charge on any atom is -0.478 e. The van der Waals surface area contributed by atoms with Gasteiger partial charge in [0.1, 0.15) is 10.7 Å². The van der Waals surface area contributed by atoms with Crippen molar-refractivity contribution in [1.82, 2.24) is 9.97 Å². The zero-order chi connectivity index (χ0) is 16.8. The van der Waals surface area contributed by atoms with E-state index in [0.29, 0.717) is 17.3 Å². The summed E-state index contributed by atoms with van der Waals surface area (Å²) in [7, 11) is 0. The number of aromatic nitrogens is 2. The predicted octanol–water partition coefficient (Wildman–Crippen LogP) is 3.47. The van der Waals surface area contributed by atoms with Gasteiger partial charge in [0.2, 0.25) is 0 Å². The van der Waals surface area contributed by atoms with Gasteiger partial charge in [-0.3, -0.25) is 4.79 Å². The second kappa shape index (κ2) is 5.56. The molecule has 122 valence electrons. The van der Waals surface area contributed by atoms with Gasteiger partial charge in [0.05, 0.1) is 10.9 Å². The van der Waals surface area contributed by atoms with Crippen LogP contribution in [-0.2, 0) is 12.8 Å². The second-order valence-corrected chi connectivity index (χ2v) is 7.41. The third kappa shape index (κ3) is 2.43. The maximum Gasteiger partial charge on any atom is 0.335 e. The molecule has 1 aliphatic rings. The number of benzene rings is 1. The van der Waals surface area contributed by atoms with Crippen LogP contribution in [0.15, 0.2) is 29.1 Å². The second-order valence-electron chi connectivity index (χ2n) is 6.33. The molecule has 0 bridgehead atoms. The topological polar surface area (TPSA) is 83.0 Å². The van der Waals surface area contributed by atoms with Gasteiger partial charge >= 0.3 is 5.97 Å². The summed E-state index contributed by atoms with van der Waals surface area (Å²) < 4.78 is 0. The van der Waals surface area contributed by atoms with Gasteiger partial charge in [0.15, 0.2) is 0 Å². The van der Waals surface area contributed by atoms with E-state index in [-0.39, 0.29) is 11.1 Å². The number of aromatic carboxylic acids is 1. The number of hydrogen-bond acceptors (Lipinski definition) is 4. The fourth-order valence-corrected chi connectivity index (χ4v) is 4.64. The van der Waals surface area contributed by atoms with Crippen molar-refractivity contribution in [3.05, 3.63) is 50.6 Å². The summed E-state index contributed by atoms with van der Waals surface area (Å²) in [5.41, 5.74) is 1.97. The average Bonchev–Trinajstić information content (AvgIpc) is 2.92. The smallest absolute Gasteiger partial charge is 0.335 e. The number of H-pyrrole nitrogens is 1. The average molecular weight is 340 g/mol. The third-order valence-electron chi connectivity index (χ3n) is 4.57. The lowest BCUT2D eigenvalue weighted by Gasteiger charge is -2.17. The van der Waals surface area contributed by atoms with Gasteiger partial charge < -0.3 is 10.1 Å². The molecule has 6 heteroatoms. The van der Waals surface area contributed by atoms with Crippen LogP contribution in [-0.4, -0.2) is 21.0 Å². The fraction of sp³-hybridized carbons (Fsp3) is 0.278. The molecule has 0 radical (unpaired) electrons. The van der Waals surface area contributed by atoms with E-state index in [1.807, 2.05) is 0 Å². The molecule has 4 rings (SSSR count). The highest BCUT2D eigenvalue weighted by molar-refractivity contribution is 7.18. The molecule has 0 aliphatic heterocycles. The van der Waals surface area contributed by atoms with Crippen molar-refractivity contribution in [2.75, 3.05) is 0 Å². The van der Waals surface area contributed by atoms with Crippen molar-refractivity contribution >= 4 is 27.5 Å². The van der Waals surface area contributed by atoms with Gasteiger partial charge in [0.25, 0.3) is 5.56 Å². The Balaban J connectivity index is 1.83. The Morgan fingerprint density at radius 2 is 2.08 bits per heavy atom.